The minimum atomic E-state index is -0.506. The zero-order chi connectivity index (χ0) is 20.7. The van der Waals surface area contributed by atoms with Crippen LogP contribution in [0.2, 0.25) is 0 Å². The maximum atomic E-state index is 11.6. The number of ether oxygens (including phenoxy) is 3. The van der Waals surface area contributed by atoms with E-state index in [0.29, 0.717) is 25.7 Å². The summed E-state index contributed by atoms with van der Waals surface area (Å²) in [7, 11) is 0. The van der Waals surface area contributed by atoms with Crippen LogP contribution in [0.4, 0.5) is 10.6 Å². The van der Waals surface area contributed by atoms with E-state index in [1.54, 1.807) is 0 Å². The number of amides is 1. The molecule has 2 N–H and O–H groups in total. The Hall–Kier alpha value is -2.55. The van der Waals surface area contributed by atoms with Crippen LogP contribution in [0, 0.1) is 5.92 Å². The zero-order valence-electron chi connectivity index (χ0n) is 17.4. The van der Waals surface area contributed by atoms with Gasteiger partial charge in [-0.05, 0) is 45.7 Å². The lowest BCUT2D eigenvalue weighted by Gasteiger charge is -2.32. The Bertz CT molecular complexity index is 684. The van der Waals surface area contributed by atoms with Gasteiger partial charge in [-0.2, -0.15) is 0 Å². The van der Waals surface area contributed by atoms with Crippen LogP contribution in [-0.2, 0) is 14.2 Å². The molecule has 1 fully saturated rings. The smallest absolute Gasteiger partial charge is 0.407 e. The SMILES string of the molecule is CC(C)(C)OC(=O)NCCOCC1NN=C(C2CCN(c3ccccn3)CC2)O1. The standard InChI is InChI=1S/C20H31N5O4/c1-20(2,3)29-19(26)22-10-13-27-14-17-23-24-18(28-17)15-7-11-25(12-8-15)16-6-4-5-9-21-16/h4-6,9,15,17,23H,7-8,10-14H2,1-3H3,(H,22,26). The van der Waals surface area contributed by atoms with Gasteiger partial charge in [-0.1, -0.05) is 6.07 Å². The third kappa shape index (κ3) is 6.77. The zero-order valence-corrected chi connectivity index (χ0v) is 17.4. The van der Waals surface area contributed by atoms with Crippen molar-refractivity contribution in [2.45, 2.75) is 45.4 Å². The number of hydrogen-bond donors (Lipinski definition) is 2. The molecule has 160 valence electrons. The summed E-state index contributed by atoms with van der Waals surface area (Å²) >= 11 is 0. The van der Waals surface area contributed by atoms with E-state index in [0.717, 1.165) is 37.6 Å². The molecular formula is C20H31N5O4. The summed E-state index contributed by atoms with van der Waals surface area (Å²) in [6, 6.07) is 5.98. The van der Waals surface area contributed by atoms with Crippen molar-refractivity contribution in [3.8, 4) is 0 Å². The summed E-state index contributed by atoms with van der Waals surface area (Å²) in [6.45, 7) is 8.45. The first-order chi connectivity index (χ1) is 13.9. The molecule has 0 aromatic carbocycles. The van der Waals surface area contributed by atoms with Gasteiger partial charge in [-0.25, -0.2) is 9.78 Å². The third-order valence-corrected chi connectivity index (χ3v) is 4.58. The fourth-order valence-corrected chi connectivity index (χ4v) is 3.22. The van der Waals surface area contributed by atoms with Gasteiger partial charge in [0, 0.05) is 31.7 Å². The summed E-state index contributed by atoms with van der Waals surface area (Å²) in [5.41, 5.74) is 2.47. The first-order valence-corrected chi connectivity index (χ1v) is 10.1. The maximum Gasteiger partial charge on any atom is 0.407 e. The molecule has 29 heavy (non-hydrogen) atoms. The molecule has 3 heterocycles. The molecular weight excluding hydrogens is 374 g/mol. The third-order valence-electron chi connectivity index (χ3n) is 4.58. The summed E-state index contributed by atoms with van der Waals surface area (Å²) < 4.78 is 16.6. The lowest BCUT2D eigenvalue weighted by molar-refractivity contribution is 0.0329. The molecule has 0 radical (unpaired) electrons. The minimum Gasteiger partial charge on any atom is -0.452 e. The summed E-state index contributed by atoms with van der Waals surface area (Å²) in [6.07, 6.45) is 3.04. The first-order valence-electron chi connectivity index (χ1n) is 10.1. The number of aromatic nitrogens is 1. The average Bonchev–Trinajstić information content (AvgIpc) is 3.16. The van der Waals surface area contributed by atoms with E-state index in [-0.39, 0.29) is 6.23 Å². The van der Waals surface area contributed by atoms with Gasteiger partial charge < -0.3 is 24.4 Å². The molecule has 3 rings (SSSR count). The number of pyridine rings is 1. The Balaban J connectivity index is 1.28. The van der Waals surface area contributed by atoms with Crippen molar-refractivity contribution in [3.63, 3.8) is 0 Å². The molecule has 2 aliphatic heterocycles. The van der Waals surface area contributed by atoms with E-state index in [2.05, 4.69) is 25.7 Å². The first kappa shape index (κ1) is 21.2. The van der Waals surface area contributed by atoms with Gasteiger partial charge in [-0.15, -0.1) is 5.10 Å². The van der Waals surface area contributed by atoms with Crippen LogP contribution in [0.15, 0.2) is 29.5 Å². The molecule has 1 saturated heterocycles. The fraction of sp³-hybridized carbons (Fsp3) is 0.650. The molecule has 1 unspecified atom stereocenters. The molecule has 2 aliphatic rings. The number of hydrazone groups is 1. The number of anilines is 1. The van der Waals surface area contributed by atoms with Crippen molar-refractivity contribution in [1.82, 2.24) is 15.7 Å². The van der Waals surface area contributed by atoms with Gasteiger partial charge in [0.1, 0.15) is 18.0 Å². The van der Waals surface area contributed by atoms with E-state index in [9.17, 15) is 4.79 Å². The van der Waals surface area contributed by atoms with Gasteiger partial charge in [0.2, 0.25) is 12.1 Å². The number of nitrogens with one attached hydrogen (secondary N) is 2. The molecule has 1 aromatic heterocycles. The van der Waals surface area contributed by atoms with Crippen molar-refractivity contribution >= 4 is 17.8 Å². The summed E-state index contributed by atoms with van der Waals surface area (Å²) in [5.74, 6) is 2.08. The molecule has 0 aliphatic carbocycles. The number of hydrogen-bond acceptors (Lipinski definition) is 8. The minimum absolute atomic E-state index is 0.291. The molecule has 1 amide bonds. The quantitative estimate of drug-likeness (QED) is 0.671. The molecule has 1 aromatic rings. The Morgan fingerprint density at radius 2 is 2.14 bits per heavy atom. The van der Waals surface area contributed by atoms with Crippen molar-refractivity contribution in [1.29, 1.82) is 0 Å². The Kier molecular flexibility index (Phi) is 7.13. The number of rotatable bonds is 7. The van der Waals surface area contributed by atoms with Crippen LogP contribution in [0.25, 0.3) is 0 Å². The number of alkyl carbamates (subject to hydrolysis) is 1. The Morgan fingerprint density at radius 3 is 2.83 bits per heavy atom. The van der Waals surface area contributed by atoms with Crippen molar-refractivity contribution in [2.24, 2.45) is 11.0 Å². The van der Waals surface area contributed by atoms with Crippen molar-refractivity contribution < 1.29 is 19.0 Å². The monoisotopic (exact) mass is 405 g/mol. The number of nitrogens with zero attached hydrogens (tertiary/aromatic N) is 3. The maximum absolute atomic E-state index is 11.6. The number of piperidine rings is 1. The highest BCUT2D eigenvalue weighted by atomic mass is 16.6. The fourth-order valence-electron chi connectivity index (χ4n) is 3.22. The number of carbonyl (C=O) groups is 1. The molecule has 0 saturated carbocycles. The summed E-state index contributed by atoms with van der Waals surface area (Å²) in [5, 5.41) is 7.00. The second-order valence-electron chi connectivity index (χ2n) is 8.14. The highest BCUT2D eigenvalue weighted by Crippen LogP contribution is 2.24. The highest BCUT2D eigenvalue weighted by Gasteiger charge is 2.30. The normalized spacial score (nSPS) is 19.9. The Labute approximate surface area is 171 Å². The van der Waals surface area contributed by atoms with E-state index in [1.807, 2.05) is 45.2 Å². The van der Waals surface area contributed by atoms with Crippen LogP contribution < -0.4 is 15.6 Å². The molecule has 9 nitrogen and oxygen atoms in total. The highest BCUT2D eigenvalue weighted by molar-refractivity contribution is 5.80. The van der Waals surface area contributed by atoms with Crippen LogP contribution in [-0.4, -0.2) is 61.7 Å². The van der Waals surface area contributed by atoms with Gasteiger partial charge in [0.15, 0.2) is 0 Å². The van der Waals surface area contributed by atoms with Gasteiger partial charge in [-0.3, -0.25) is 5.43 Å². The Morgan fingerprint density at radius 1 is 1.34 bits per heavy atom. The number of carbonyl (C=O) groups excluding carboxylic acids is 1. The van der Waals surface area contributed by atoms with Gasteiger partial charge >= 0.3 is 6.09 Å². The second-order valence-corrected chi connectivity index (χ2v) is 8.14. The summed E-state index contributed by atoms with van der Waals surface area (Å²) in [4.78, 5) is 18.3. The van der Waals surface area contributed by atoms with Gasteiger partial charge in [0.05, 0.1) is 6.61 Å². The molecule has 0 spiro atoms. The van der Waals surface area contributed by atoms with Crippen molar-refractivity contribution in [2.75, 3.05) is 37.7 Å². The van der Waals surface area contributed by atoms with E-state index in [4.69, 9.17) is 14.2 Å². The second kappa shape index (κ2) is 9.78. The molecule has 0 bridgehead atoms. The lowest BCUT2D eigenvalue weighted by Crippen LogP contribution is -2.37. The average molecular weight is 405 g/mol. The molecule has 9 heteroatoms. The lowest BCUT2D eigenvalue weighted by atomic mass is 9.96. The topological polar surface area (TPSA) is 97.3 Å². The van der Waals surface area contributed by atoms with Crippen LogP contribution in [0.3, 0.4) is 0 Å². The largest absolute Gasteiger partial charge is 0.452 e. The van der Waals surface area contributed by atoms with Crippen LogP contribution in [0.5, 0.6) is 0 Å². The van der Waals surface area contributed by atoms with E-state index >= 15 is 0 Å². The van der Waals surface area contributed by atoms with E-state index < -0.39 is 11.7 Å². The molecule has 1 atom stereocenters. The predicted octanol–water partition coefficient (Wildman–Crippen LogP) is 2.10. The predicted molar refractivity (Wildman–Crippen MR) is 110 cm³/mol. The van der Waals surface area contributed by atoms with Crippen LogP contribution >= 0.6 is 0 Å². The van der Waals surface area contributed by atoms with E-state index in [1.165, 1.54) is 0 Å². The van der Waals surface area contributed by atoms with Crippen LogP contribution in [0.1, 0.15) is 33.6 Å². The van der Waals surface area contributed by atoms with Gasteiger partial charge in [0.25, 0.3) is 0 Å². The van der Waals surface area contributed by atoms with Crippen molar-refractivity contribution in [3.05, 3.63) is 24.4 Å².